The molecule has 37 heavy (non-hydrogen) atoms. The van der Waals surface area contributed by atoms with Crippen LogP contribution in [0, 0.1) is 0 Å². The molecule has 4 aromatic rings. The second kappa shape index (κ2) is 11.4. The zero-order valence-electron chi connectivity index (χ0n) is 20.4. The summed E-state index contributed by atoms with van der Waals surface area (Å²) in [6.45, 7) is 0. The normalized spacial score (nSPS) is 11.2. The molecule has 0 aliphatic rings. The minimum Gasteiger partial charge on any atom is -0.497 e. The van der Waals surface area contributed by atoms with Gasteiger partial charge in [0.05, 0.1) is 26.7 Å². The summed E-state index contributed by atoms with van der Waals surface area (Å²) >= 11 is 0. The number of benzene rings is 3. The van der Waals surface area contributed by atoms with Crippen LogP contribution in [0.4, 0.5) is 5.82 Å². The molecule has 0 saturated carbocycles. The molecule has 0 bridgehead atoms. The molecule has 0 aliphatic carbocycles. The van der Waals surface area contributed by atoms with E-state index >= 15 is 0 Å². The third kappa shape index (κ3) is 6.36. The van der Waals surface area contributed by atoms with Crippen LogP contribution >= 0.6 is 0 Å². The quantitative estimate of drug-likeness (QED) is 0.298. The lowest BCUT2D eigenvalue weighted by Crippen LogP contribution is -2.13. The lowest BCUT2D eigenvalue weighted by molar-refractivity contribution is 0.348. The van der Waals surface area contributed by atoms with E-state index in [4.69, 9.17) is 18.9 Å². The molecule has 0 atom stereocenters. The first-order valence-electron chi connectivity index (χ1n) is 11.1. The Labute approximate surface area is 215 Å². The number of sulfonamides is 1. The summed E-state index contributed by atoms with van der Waals surface area (Å²) in [5, 5.41) is 1.05. The van der Waals surface area contributed by atoms with Gasteiger partial charge in [-0.15, -0.1) is 0 Å². The number of nitrogens with one attached hydrogen (secondary N) is 1. The van der Waals surface area contributed by atoms with Crippen LogP contribution in [0.1, 0.15) is 5.56 Å². The van der Waals surface area contributed by atoms with Crippen LogP contribution in [0.25, 0.3) is 17.5 Å². The number of anilines is 1. The molecule has 4 rings (SSSR count). The Morgan fingerprint density at radius 3 is 2.22 bits per heavy atom. The fourth-order valence-electron chi connectivity index (χ4n) is 3.33. The third-order valence-electron chi connectivity index (χ3n) is 5.12. The number of aromatic nitrogens is 2. The highest BCUT2D eigenvalue weighted by Crippen LogP contribution is 2.41. The fourth-order valence-corrected chi connectivity index (χ4v) is 4.15. The van der Waals surface area contributed by atoms with Gasteiger partial charge in [0.25, 0.3) is 15.9 Å². The zero-order valence-corrected chi connectivity index (χ0v) is 21.2. The maximum Gasteiger partial charge on any atom is 0.263 e. The molecule has 0 aliphatic heterocycles. The SMILES string of the molecule is COc1cccc(-c2nc(NS(=O)(=O)/C=C/c3ccccc3)c(Oc3ccccc3OC)c(OC)n2)c1. The van der Waals surface area contributed by atoms with E-state index in [1.54, 1.807) is 67.8 Å². The molecule has 0 saturated heterocycles. The number of hydrogen-bond acceptors (Lipinski definition) is 8. The lowest BCUT2D eigenvalue weighted by atomic mass is 10.2. The molecule has 3 aromatic carbocycles. The first-order chi connectivity index (χ1) is 17.9. The van der Waals surface area contributed by atoms with Gasteiger partial charge < -0.3 is 18.9 Å². The van der Waals surface area contributed by atoms with Gasteiger partial charge >= 0.3 is 0 Å². The average molecular weight is 520 g/mol. The van der Waals surface area contributed by atoms with E-state index in [-0.39, 0.29) is 23.3 Å². The van der Waals surface area contributed by atoms with E-state index in [1.807, 2.05) is 18.2 Å². The Hall–Kier alpha value is -4.57. The number of nitrogens with zero attached hydrogens (tertiary/aromatic N) is 2. The fraction of sp³-hybridized carbons (Fsp3) is 0.111. The minimum absolute atomic E-state index is 0.0171. The van der Waals surface area contributed by atoms with Crippen LogP contribution in [0.2, 0.25) is 0 Å². The monoisotopic (exact) mass is 519 g/mol. The molecule has 1 N–H and O–H groups in total. The van der Waals surface area contributed by atoms with Crippen molar-refractivity contribution in [1.82, 2.24) is 9.97 Å². The van der Waals surface area contributed by atoms with Gasteiger partial charge in [0.2, 0.25) is 5.75 Å². The Morgan fingerprint density at radius 1 is 0.784 bits per heavy atom. The van der Waals surface area contributed by atoms with Gasteiger partial charge in [-0.2, -0.15) is 4.98 Å². The number of methoxy groups -OCH3 is 3. The van der Waals surface area contributed by atoms with E-state index in [0.717, 1.165) is 11.0 Å². The predicted molar refractivity (Wildman–Crippen MR) is 142 cm³/mol. The Balaban J connectivity index is 1.81. The second-order valence-corrected chi connectivity index (χ2v) is 9.15. The van der Waals surface area contributed by atoms with Gasteiger partial charge in [0, 0.05) is 5.56 Å². The smallest absolute Gasteiger partial charge is 0.263 e. The summed E-state index contributed by atoms with van der Waals surface area (Å²) in [6, 6.07) is 23.0. The van der Waals surface area contributed by atoms with E-state index in [0.29, 0.717) is 22.8 Å². The predicted octanol–water partition coefficient (Wildman–Crippen LogP) is 5.37. The van der Waals surface area contributed by atoms with Crippen LogP contribution in [0.15, 0.2) is 84.3 Å². The maximum atomic E-state index is 13.0. The molecule has 1 aromatic heterocycles. The zero-order chi connectivity index (χ0) is 26.3. The summed E-state index contributed by atoms with van der Waals surface area (Å²) in [6.07, 6.45) is 1.48. The van der Waals surface area contributed by atoms with Crippen LogP contribution < -0.4 is 23.7 Å². The van der Waals surface area contributed by atoms with Crippen molar-refractivity contribution in [2.24, 2.45) is 0 Å². The summed E-state index contributed by atoms with van der Waals surface area (Å²) in [5.74, 6) is 1.41. The largest absolute Gasteiger partial charge is 0.497 e. The average Bonchev–Trinajstić information content (AvgIpc) is 2.93. The van der Waals surface area contributed by atoms with E-state index in [2.05, 4.69) is 14.7 Å². The molecule has 0 spiro atoms. The van der Waals surface area contributed by atoms with Crippen molar-refractivity contribution in [1.29, 1.82) is 0 Å². The molecule has 0 amide bonds. The van der Waals surface area contributed by atoms with Crippen LogP contribution in [0.5, 0.6) is 28.9 Å². The molecule has 0 radical (unpaired) electrons. The summed E-state index contributed by atoms with van der Waals surface area (Å²) in [4.78, 5) is 8.95. The van der Waals surface area contributed by atoms with Crippen molar-refractivity contribution < 1.29 is 27.4 Å². The van der Waals surface area contributed by atoms with Crippen LogP contribution in [0.3, 0.4) is 0 Å². The Morgan fingerprint density at radius 2 is 1.51 bits per heavy atom. The highest BCUT2D eigenvalue weighted by Gasteiger charge is 2.23. The van der Waals surface area contributed by atoms with Gasteiger partial charge in [-0.25, -0.2) is 13.4 Å². The number of rotatable bonds is 10. The van der Waals surface area contributed by atoms with E-state index in [9.17, 15) is 8.42 Å². The van der Waals surface area contributed by atoms with Gasteiger partial charge in [0.15, 0.2) is 23.1 Å². The third-order valence-corrected chi connectivity index (χ3v) is 6.09. The van der Waals surface area contributed by atoms with Crippen molar-refractivity contribution in [2.75, 3.05) is 26.1 Å². The summed E-state index contributed by atoms with van der Waals surface area (Å²) in [7, 11) is 0.436. The van der Waals surface area contributed by atoms with Crippen molar-refractivity contribution in [3.63, 3.8) is 0 Å². The van der Waals surface area contributed by atoms with Gasteiger partial charge in [-0.3, -0.25) is 4.72 Å². The highest BCUT2D eigenvalue weighted by atomic mass is 32.2. The minimum atomic E-state index is -4.01. The number of ether oxygens (including phenoxy) is 4. The topological polar surface area (TPSA) is 109 Å². The summed E-state index contributed by atoms with van der Waals surface area (Å²) < 4.78 is 50.8. The van der Waals surface area contributed by atoms with Gasteiger partial charge in [-0.05, 0) is 35.9 Å². The first-order valence-corrected chi connectivity index (χ1v) is 12.6. The molecular formula is C27H25N3O6S. The Kier molecular flexibility index (Phi) is 7.89. The maximum absolute atomic E-state index is 13.0. The van der Waals surface area contributed by atoms with Crippen molar-refractivity contribution in [2.45, 2.75) is 0 Å². The lowest BCUT2D eigenvalue weighted by Gasteiger charge is -2.17. The molecular weight excluding hydrogens is 494 g/mol. The molecule has 190 valence electrons. The van der Waals surface area contributed by atoms with Crippen LogP contribution in [-0.2, 0) is 10.0 Å². The molecule has 0 fully saturated rings. The standard InChI is InChI=1S/C27H25N3O6S/c1-33-21-13-9-12-20(18-21)25-28-26(30-37(31,32)17-16-19-10-5-4-6-11-19)24(27(29-25)35-3)36-23-15-8-7-14-22(23)34-2/h4-18H,1-3H3,(H,28,29,30)/b17-16+. The van der Waals surface area contributed by atoms with Crippen LogP contribution in [-0.4, -0.2) is 39.7 Å². The van der Waals surface area contributed by atoms with Gasteiger partial charge in [0.1, 0.15) is 5.75 Å². The molecule has 9 nitrogen and oxygen atoms in total. The molecule has 0 unspecified atom stereocenters. The van der Waals surface area contributed by atoms with Crippen molar-refractivity contribution in [3.05, 3.63) is 89.8 Å². The van der Waals surface area contributed by atoms with E-state index in [1.165, 1.54) is 20.3 Å². The number of para-hydroxylation sites is 2. The Bertz CT molecular complexity index is 1510. The highest BCUT2D eigenvalue weighted by molar-refractivity contribution is 7.95. The van der Waals surface area contributed by atoms with Crippen molar-refractivity contribution in [3.8, 4) is 40.3 Å². The van der Waals surface area contributed by atoms with E-state index < -0.39 is 10.0 Å². The number of hydrogen-bond donors (Lipinski definition) is 1. The summed E-state index contributed by atoms with van der Waals surface area (Å²) in [5.41, 5.74) is 1.30. The molecule has 10 heteroatoms. The van der Waals surface area contributed by atoms with Crippen molar-refractivity contribution >= 4 is 21.9 Å². The second-order valence-electron chi connectivity index (χ2n) is 7.58. The van der Waals surface area contributed by atoms with Gasteiger partial charge in [-0.1, -0.05) is 54.6 Å². The molecule has 1 heterocycles. The first kappa shape index (κ1) is 25.5.